The van der Waals surface area contributed by atoms with Crippen molar-refractivity contribution in [1.29, 1.82) is 0 Å². The fourth-order valence-electron chi connectivity index (χ4n) is 1.58. The highest BCUT2D eigenvalue weighted by atomic mass is 16.4. The lowest BCUT2D eigenvalue weighted by atomic mass is 10.0. The Kier molecular flexibility index (Phi) is 3.96. The van der Waals surface area contributed by atoms with E-state index in [4.69, 9.17) is 5.11 Å². The van der Waals surface area contributed by atoms with Gasteiger partial charge in [0, 0.05) is 5.57 Å². The number of hydrogen-bond donors (Lipinski definition) is 2. The summed E-state index contributed by atoms with van der Waals surface area (Å²) in [5.41, 5.74) is 0.464. The van der Waals surface area contributed by atoms with Crippen molar-refractivity contribution in [3.8, 4) is 0 Å². The largest absolute Gasteiger partial charge is 0.478 e. The molecule has 1 heterocycles. The molecule has 0 aromatic carbocycles. The molecule has 2 N–H and O–H groups in total. The predicted octanol–water partition coefficient (Wildman–Crippen LogP) is 1.41. The van der Waals surface area contributed by atoms with Gasteiger partial charge in [0.2, 0.25) is 0 Å². The van der Waals surface area contributed by atoms with E-state index < -0.39 is 5.97 Å². The van der Waals surface area contributed by atoms with Crippen LogP contribution in [0.5, 0.6) is 0 Å². The third-order valence-corrected chi connectivity index (χ3v) is 2.53. The number of carbonyl (C=O) groups is 1. The molecule has 3 heteroatoms. The monoisotopic (exact) mass is 183 g/mol. The Labute approximate surface area is 78.8 Å². The molecular formula is C10H17NO2. The maximum Gasteiger partial charge on any atom is 0.330 e. The Morgan fingerprint density at radius 1 is 1.69 bits per heavy atom. The molecular weight excluding hydrogens is 166 g/mol. The van der Waals surface area contributed by atoms with Crippen molar-refractivity contribution < 1.29 is 9.90 Å². The SMILES string of the molecule is CC(=CCCC1CCNC1)C(=O)O. The molecule has 1 rings (SSSR count). The van der Waals surface area contributed by atoms with E-state index in [1.54, 1.807) is 6.92 Å². The van der Waals surface area contributed by atoms with E-state index in [-0.39, 0.29) is 0 Å². The quantitative estimate of drug-likeness (QED) is 0.648. The second-order valence-corrected chi connectivity index (χ2v) is 3.63. The zero-order valence-electron chi connectivity index (χ0n) is 8.05. The fourth-order valence-corrected chi connectivity index (χ4v) is 1.58. The van der Waals surface area contributed by atoms with Gasteiger partial charge in [0.15, 0.2) is 0 Å². The van der Waals surface area contributed by atoms with E-state index >= 15 is 0 Å². The number of hydrogen-bond acceptors (Lipinski definition) is 2. The molecule has 0 aromatic rings. The van der Waals surface area contributed by atoms with Crippen LogP contribution in [0.15, 0.2) is 11.6 Å². The molecule has 1 unspecified atom stereocenters. The molecule has 1 saturated heterocycles. The first-order valence-electron chi connectivity index (χ1n) is 4.81. The predicted molar refractivity (Wildman–Crippen MR) is 51.6 cm³/mol. The first kappa shape index (κ1) is 10.3. The summed E-state index contributed by atoms with van der Waals surface area (Å²) in [6, 6.07) is 0. The molecule has 0 saturated carbocycles. The Bertz CT molecular complexity index is 205. The summed E-state index contributed by atoms with van der Waals surface area (Å²) in [6.45, 7) is 3.86. The van der Waals surface area contributed by atoms with Gasteiger partial charge in [-0.05, 0) is 45.2 Å². The first-order chi connectivity index (χ1) is 6.20. The Morgan fingerprint density at radius 3 is 3.00 bits per heavy atom. The molecule has 0 spiro atoms. The van der Waals surface area contributed by atoms with Crippen LogP contribution in [0, 0.1) is 5.92 Å². The number of carboxylic acids is 1. The van der Waals surface area contributed by atoms with Gasteiger partial charge in [-0.3, -0.25) is 0 Å². The van der Waals surface area contributed by atoms with Crippen LogP contribution in [-0.4, -0.2) is 24.2 Å². The minimum absolute atomic E-state index is 0.464. The van der Waals surface area contributed by atoms with Crippen LogP contribution in [0.4, 0.5) is 0 Å². The summed E-state index contributed by atoms with van der Waals surface area (Å²) in [5.74, 6) is -0.0533. The van der Waals surface area contributed by atoms with Gasteiger partial charge in [-0.2, -0.15) is 0 Å². The molecule has 1 aliphatic rings. The van der Waals surface area contributed by atoms with Crippen LogP contribution in [0.25, 0.3) is 0 Å². The molecule has 1 aliphatic heterocycles. The number of aliphatic carboxylic acids is 1. The van der Waals surface area contributed by atoms with E-state index in [1.165, 1.54) is 6.42 Å². The highest BCUT2D eigenvalue weighted by Crippen LogP contribution is 2.15. The van der Waals surface area contributed by atoms with Gasteiger partial charge in [0.1, 0.15) is 0 Å². The first-order valence-corrected chi connectivity index (χ1v) is 4.81. The number of rotatable bonds is 4. The summed E-state index contributed by atoms with van der Waals surface area (Å²) < 4.78 is 0. The summed E-state index contributed by atoms with van der Waals surface area (Å²) in [7, 11) is 0. The lowest BCUT2D eigenvalue weighted by Crippen LogP contribution is -2.08. The van der Waals surface area contributed by atoms with E-state index in [1.807, 2.05) is 6.08 Å². The average molecular weight is 183 g/mol. The molecule has 74 valence electrons. The van der Waals surface area contributed by atoms with Gasteiger partial charge in [-0.1, -0.05) is 6.08 Å². The van der Waals surface area contributed by atoms with Gasteiger partial charge in [0.25, 0.3) is 0 Å². The molecule has 1 atom stereocenters. The summed E-state index contributed by atoms with van der Waals surface area (Å²) >= 11 is 0. The van der Waals surface area contributed by atoms with E-state index in [9.17, 15) is 4.79 Å². The number of carboxylic acid groups (broad SMARTS) is 1. The van der Waals surface area contributed by atoms with Crippen LogP contribution in [-0.2, 0) is 4.79 Å². The standard InChI is InChI=1S/C10H17NO2/c1-8(10(12)13)3-2-4-9-5-6-11-7-9/h3,9,11H,2,4-7H2,1H3,(H,12,13). The lowest BCUT2D eigenvalue weighted by molar-refractivity contribution is -0.132. The molecule has 0 aliphatic carbocycles. The second kappa shape index (κ2) is 5.02. The van der Waals surface area contributed by atoms with Crippen molar-refractivity contribution in [1.82, 2.24) is 5.32 Å². The lowest BCUT2D eigenvalue weighted by Gasteiger charge is -2.04. The van der Waals surface area contributed by atoms with Crippen molar-refractivity contribution >= 4 is 5.97 Å². The van der Waals surface area contributed by atoms with Gasteiger partial charge in [-0.25, -0.2) is 4.79 Å². The topological polar surface area (TPSA) is 49.3 Å². The fraction of sp³-hybridized carbons (Fsp3) is 0.700. The molecule has 1 fully saturated rings. The summed E-state index contributed by atoms with van der Waals surface area (Å²) in [6.07, 6.45) is 5.06. The molecule has 0 radical (unpaired) electrons. The molecule has 13 heavy (non-hydrogen) atoms. The normalized spacial score (nSPS) is 23.5. The highest BCUT2D eigenvalue weighted by Gasteiger charge is 2.12. The minimum atomic E-state index is -0.801. The maximum absolute atomic E-state index is 10.4. The Morgan fingerprint density at radius 2 is 2.46 bits per heavy atom. The van der Waals surface area contributed by atoms with Crippen molar-refractivity contribution in [2.24, 2.45) is 5.92 Å². The molecule has 0 bridgehead atoms. The minimum Gasteiger partial charge on any atom is -0.478 e. The highest BCUT2D eigenvalue weighted by molar-refractivity contribution is 5.85. The van der Waals surface area contributed by atoms with Crippen LogP contribution >= 0.6 is 0 Å². The van der Waals surface area contributed by atoms with Crippen LogP contribution in [0.2, 0.25) is 0 Å². The Balaban J connectivity index is 2.18. The zero-order valence-corrected chi connectivity index (χ0v) is 8.05. The smallest absolute Gasteiger partial charge is 0.330 e. The number of allylic oxidation sites excluding steroid dienone is 1. The van der Waals surface area contributed by atoms with E-state index in [0.29, 0.717) is 5.57 Å². The summed E-state index contributed by atoms with van der Waals surface area (Å²) in [4.78, 5) is 10.4. The third kappa shape index (κ3) is 3.59. The van der Waals surface area contributed by atoms with Gasteiger partial charge >= 0.3 is 5.97 Å². The van der Waals surface area contributed by atoms with Gasteiger partial charge < -0.3 is 10.4 Å². The molecule has 0 aromatic heterocycles. The second-order valence-electron chi connectivity index (χ2n) is 3.63. The van der Waals surface area contributed by atoms with Crippen molar-refractivity contribution in [3.05, 3.63) is 11.6 Å². The van der Waals surface area contributed by atoms with Gasteiger partial charge in [0.05, 0.1) is 0 Å². The van der Waals surface area contributed by atoms with Crippen LogP contribution in [0.1, 0.15) is 26.2 Å². The Hall–Kier alpha value is -0.830. The molecule has 0 amide bonds. The number of nitrogens with one attached hydrogen (secondary N) is 1. The average Bonchev–Trinajstić information content (AvgIpc) is 2.56. The van der Waals surface area contributed by atoms with Crippen molar-refractivity contribution in [2.45, 2.75) is 26.2 Å². The van der Waals surface area contributed by atoms with Crippen molar-refractivity contribution in [3.63, 3.8) is 0 Å². The van der Waals surface area contributed by atoms with Crippen LogP contribution < -0.4 is 5.32 Å². The summed E-state index contributed by atoms with van der Waals surface area (Å²) in [5, 5.41) is 11.9. The van der Waals surface area contributed by atoms with Gasteiger partial charge in [-0.15, -0.1) is 0 Å². The van der Waals surface area contributed by atoms with E-state index in [0.717, 1.165) is 31.8 Å². The van der Waals surface area contributed by atoms with Crippen LogP contribution in [0.3, 0.4) is 0 Å². The maximum atomic E-state index is 10.4. The third-order valence-electron chi connectivity index (χ3n) is 2.53. The van der Waals surface area contributed by atoms with E-state index in [2.05, 4.69) is 5.32 Å². The zero-order chi connectivity index (χ0) is 9.68. The molecule has 3 nitrogen and oxygen atoms in total. The van der Waals surface area contributed by atoms with Crippen molar-refractivity contribution in [2.75, 3.05) is 13.1 Å².